The number of rotatable bonds is 2. The second-order valence-corrected chi connectivity index (χ2v) is 4.59. The number of carboxylic acid groups (broad SMARTS) is 1. The molecule has 0 aromatic heterocycles. The third-order valence-corrected chi connectivity index (χ3v) is 3.27. The molecule has 1 aliphatic heterocycles. The number of hydrogen-bond acceptors (Lipinski definition) is 2. The Morgan fingerprint density at radius 2 is 2.24 bits per heavy atom. The maximum atomic E-state index is 11.2. The Balaban J connectivity index is 2.41. The van der Waals surface area contributed by atoms with Gasteiger partial charge in [-0.3, -0.25) is 0 Å². The van der Waals surface area contributed by atoms with Gasteiger partial charge in [-0.2, -0.15) is 0 Å². The summed E-state index contributed by atoms with van der Waals surface area (Å²) in [6.07, 6.45) is 3.06. The van der Waals surface area contributed by atoms with Gasteiger partial charge in [0.15, 0.2) is 0 Å². The van der Waals surface area contributed by atoms with E-state index in [0.29, 0.717) is 10.7 Å². The van der Waals surface area contributed by atoms with Crippen LogP contribution in [0.2, 0.25) is 5.02 Å². The number of nitrogens with zero attached hydrogens (tertiary/aromatic N) is 1. The molecule has 0 bridgehead atoms. The van der Waals surface area contributed by atoms with Crippen LogP contribution in [0.1, 0.15) is 23.7 Å². The van der Waals surface area contributed by atoms with E-state index in [1.807, 2.05) is 4.90 Å². The minimum atomic E-state index is -0.936. The van der Waals surface area contributed by atoms with Gasteiger partial charge in [-0.25, -0.2) is 4.79 Å². The first-order valence-corrected chi connectivity index (χ1v) is 5.90. The average molecular weight is 252 g/mol. The molecule has 0 radical (unpaired) electrons. The Bertz CT molecular complexity index is 482. The molecule has 1 aromatic carbocycles. The number of aromatic carboxylic acids is 1. The summed E-state index contributed by atoms with van der Waals surface area (Å²) in [6, 6.07) is 4.99. The summed E-state index contributed by atoms with van der Waals surface area (Å²) >= 11 is 6.12. The van der Waals surface area contributed by atoms with Gasteiger partial charge in [0, 0.05) is 13.1 Å². The Morgan fingerprint density at radius 1 is 1.47 bits per heavy atom. The van der Waals surface area contributed by atoms with Crippen molar-refractivity contribution in [1.29, 1.82) is 0 Å². The van der Waals surface area contributed by atoms with Crippen LogP contribution in [0.4, 0.5) is 5.69 Å². The average Bonchev–Trinajstić information content (AvgIpc) is 2.30. The van der Waals surface area contributed by atoms with Gasteiger partial charge >= 0.3 is 5.97 Å². The molecule has 0 fully saturated rings. The van der Waals surface area contributed by atoms with E-state index in [2.05, 4.69) is 13.0 Å². The van der Waals surface area contributed by atoms with E-state index in [4.69, 9.17) is 11.6 Å². The van der Waals surface area contributed by atoms with Crippen LogP contribution in [0.5, 0.6) is 0 Å². The first-order valence-electron chi connectivity index (χ1n) is 5.52. The van der Waals surface area contributed by atoms with Crippen molar-refractivity contribution in [3.63, 3.8) is 0 Å². The highest BCUT2D eigenvalue weighted by Gasteiger charge is 2.20. The van der Waals surface area contributed by atoms with Crippen molar-refractivity contribution in [1.82, 2.24) is 0 Å². The molecule has 1 heterocycles. The van der Waals surface area contributed by atoms with Crippen LogP contribution in [-0.2, 0) is 0 Å². The zero-order valence-corrected chi connectivity index (χ0v) is 10.4. The fourth-order valence-corrected chi connectivity index (χ4v) is 2.28. The van der Waals surface area contributed by atoms with Gasteiger partial charge in [-0.15, -0.1) is 0 Å². The highest BCUT2D eigenvalue weighted by molar-refractivity contribution is 6.34. The molecular formula is C13H14ClNO2. The normalized spacial score (nSPS) is 15.6. The van der Waals surface area contributed by atoms with Gasteiger partial charge in [0.05, 0.1) is 16.3 Å². The van der Waals surface area contributed by atoms with E-state index in [9.17, 15) is 9.90 Å². The van der Waals surface area contributed by atoms with Gasteiger partial charge in [0.25, 0.3) is 0 Å². The minimum absolute atomic E-state index is 0.269. The predicted molar refractivity (Wildman–Crippen MR) is 69.0 cm³/mol. The van der Waals surface area contributed by atoms with Crippen LogP contribution in [0.15, 0.2) is 29.8 Å². The smallest absolute Gasteiger partial charge is 0.337 e. The molecular weight excluding hydrogens is 238 g/mol. The van der Waals surface area contributed by atoms with E-state index < -0.39 is 5.97 Å². The number of carbonyl (C=O) groups is 1. The SMILES string of the molecule is CC1=CCN(c2c(Cl)cccc2C(=O)O)CC1. The number of benzene rings is 1. The molecule has 3 nitrogen and oxygen atoms in total. The lowest BCUT2D eigenvalue weighted by Crippen LogP contribution is -2.29. The van der Waals surface area contributed by atoms with Crippen molar-refractivity contribution in [2.45, 2.75) is 13.3 Å². The largest absolute Gasteiger partial charge is 0.478 e. The van der Waals surface area contributed by atoms with E-state index >= 15 is 0 Å². The molecule has 0 saturated heterocycles. The summed E-state index contributed by atoms with van der Waals surface area (Å²) in [5.41, 5.74) is 2.24. The number of halogens is 1. The minimum Gasteiger partial charge on any atom is -0.478 e. The monoisotopic (exact) mass is 251 g/mol. The maximum absolute atomic E-state index is 11.2. The Hall–Kier alpha value is -1.48. The third kappa shape index (κ3) is 2.44. The summed E-state index contributed by atoms with van der Waals surface area (Å²) in [5.74, 6) is -0.936. The van der Waals surface area contributed by atoms with E-state index in [1.165, 1.54) is 5.57 Å². The molecule has 1 aromatic rings. The lowest BCUT2D eigenvalue weighted by molar-refractivity contribution is 0.0697. The second-order valence-electron chi connectivity index (χ2n) is 4.19. The van der Waals surface area contributed by atoms with Crippen LogP contribution in [0.3, 0.4) is 0 Å². The van der Waals surface area contributed by atoms with Crippen molar-refractivity contribution in [2.24, 2.45) is 0 Å². The molecule has 0 atom stereocenters. The van der Waals surface area contributed by atoms with Crippen LogP contribution in [-0.4, -0.2) is 24.2 Å². The van der Waals surface area contributed by atoms with Crippen LogP contribution in [0, 0.1) is 0 Å². The Kier molecular flexibility index (Phi) is 3.38. The van der Waals surface area contributed by atoms with E-state index in [1.54, 1.807) is 18.2 Å². The number of anilines is 1. The zero-order valence-electron chi connectivity index (χ0n) is 9.61. The number of hydrogen-bond donors (Lipinski definition) is 1. The molecule has 0 spiro atoms. The van der Waals surface area contributed by atoms with Crippen molar-refractivity contribution < 1.29 is 9.90 Å². The molecule has 1 aliphatic rings. The summed E-state index contributed by atoms with van der Waals surface area (Å²) in [5, 5.41) is 9.67. The van der Waals surface area contributed by atoms with Crippen molar-refractivity contribution >= 4 is 23.3 Å². The topological polar surface area (TPSA) is 40.5 Å². The highest BCUT2D eigenvalue weighted by atomic mass is 35.5. The van der Waals surface area contributed by atoms with E-state index in [-0.39, 0.29) is 5.56 Å². The van der Waals surface area contributed by atoms with Gasteiger partial charge in [-0.05, 0) is 25.5 Å². The van der Waals surface area contributed by atoms with Gasteiger partial charge in [0.2, 0.25) is 0 Å². The molecule has 17 heavy (non-hydrogen) atoms. The molecule has 4 heteroatoms. The van der Waals surface area contributed by atoms with E-state index in [0.717, 1.165) is 19.5 Å². The van der Waals surface area contributed by atoms with Gasteiger partial charge in [-0.1, -0.05) is 29.3 Å². The fourth-order valence-electron chi connectivity index (χ4n) is 1.98. The second kappa shape index (κ2) is 4.80. The maximum Gasteiger partial charge on any atom is 0.337 e. The molecule has 1 N–H and O–H groups in total. The molecule has 90 valence electrons. The van der Waals surface area contributed by atoms with Crippen LogP contribution < -0.4 is 4.90 Å². The third-order valence-electron chi connectivity index (χ3n) is 2.97. The molecule has 0 amide bonds. The van der Waals surface area contributed by atoms with Crippen molar-refractivity contribution in [2.75, 3.05) is 18.0 Å². The van der Waals surface area contributed by atoms with Crippen LogP contribution >= 0.6 is 11.6 Å². The summed E-state index contributed by atoms with van der Waals surface area (Å²) in [7, 11) is 0. The number of carboxylic acids is 1. The zero-order chi connectivity index (χ0) is 12.4. The quantitative estimate of drug-likeness (QED) is 0.821. The van der Waals surface area contributed by atoms with Gasteiger partial charge in [0.1, 0.15) is 0 Å². The fraction of sp³-hybridized carbons (Fsp3) is 0.308. The van der Waals surface area contributed by atoms with Crippen molar-refractivity contribution in [3.05, 3.63) is 40.4 Å². The first-order chi connectivity index (χ1) is 8.09. The Labute approximate surface area is 105 Å². The highest BCUT2D eigenvalue weighted by Crippen LogP contribution is 2.31. The molecule has 0 aliphatic carbocycles. The molecule has 0 unspecified atom stereocenters. The Morgan fingerprint density at radius 3 is 2.82 bits per heavy atom. The first kappa shape index (κ1) is 12.0. The van der Waals surface area contributed by atoms with Crippen LogP contribution in [0.25, 0.3) is 0 Å². The standard InChI is InChI=1S/C13H14ClNO2/c1-9-5-7-15(8-6-9)12-10(13(16)17)3-2-4-11(12)14/h2-5H,6-8H2,1H3,(H,16,17). The summed E-state index contributed by atoms with van der Waals surface area (Å²) in [6.45, 7) is 3.62. The molecule has 2 rings (SSSR count). The molecule has 0 saturated carbocycles. The lowest BCUT2D eigenvalue weighted by atomic mass is 10.1. The lowest BCUT2D eigenvalue weighted by Gasteiger charge is -2.29. The summed E-state index contributed by atoms with van der Waals surface area (Å²) < 4.78 is 0. The van der Waals surface area contributed by atoms with Gasteiger partial charge < -0.3 is 10.0 Å². The summed E-state index contributed by atoms with van der Waals surface area (Å²) in [4.78, 5) is 13.2. The number of para-hydroxylation sites is 1. The predicted octanol–water partition coefficient (Wildman–Crippen LogP) is 3.19. The van der Waals surface area contributed by atoms with Crippen molar-refractivity contribution in [3.8, 4) is 0 Å².